The van der Waals surface area contributed by atoms with Crippen molar-refractivity contribution in [3.8, 4) is 5.75 Å². The molecule has 1 fully saturated rings. The number of benzene rings is 1. The molecule has 4 heteroatoms. The Kier molecular flexibility index (Phi) is 3.64. The molecule has 92 valence electrons. The van der Waals surface area contributed by atoms with Crippen LogP contribution < -0.4 is 10.1 Å². The maximum atomic E-state index is 10.9. The summed E-state index contributed by atoms with van der Waals surface area (Å²) in [4.78, 5) is 10.9. The van der Waals surface area contributed by atoms with Gasteiger partial charge in [0, 0.05) is 18.7 Å². The SMILES string of the molecule is CC(=O)Nc1cccc(OC2CCCC2O)c1. The maximum absolute atomic E-state index is 10.9. The molecule has 0 bridgehead atoms. The van der Waals surface area contributed by atoms with E-state index in [1.165, 1.54) is 6.92 Å². The van der Waals surface area contributed by atoms with Crippen LogP contribution in [-0.4, -0.2) is 23.2 Å². The van der Waals surface area contributed by atoms with E-state index in [1.54, 1.807) is 12.1 Å². The van der Waals surface area contributed by atoms with Gasteiger partial charge in [0.05, 0.1) is 6.10 Å². The van der Waals surface area contributed by atoms with Gasteiger partial charge in [-0.2, -0.15) is 0 Å². The van der Waals surface area contributed by atoms with E-state index >= 15 is 0 Å². The summed E-state index contributed by atoms with van der Waals surface area (Å²) in [5.41, 5.74) is 0.711. The van der Waals surface area contributed by atoms with E-state index in [1.807, 2.05) is 12.1 Å². The normalized spacial score (nSPS) is 23.4. The Morgan fingerprint density at radius 3 is 2.94 bits per heavy atom. The summed E-state index contributed by atoms with van der Waals surface area (Å²) in [7, 11) is 0. The predicted octanol–water partition coefficient (Wildman–Crippen LogP) is 1.94. The number of rotatable bonds is 3. The van der Waals surface area contributed by atoms with Crippen LogP contribution in [0.25, 0.3) is 0 Å². The Morgan fingerprint density at radius 2 is 2.29 bits per heavy atom. The van der Waals surface area contributed by atoms with Gasteiger partial charge in [0.1, 0.15) is 11.9 Å². The molecule has 1 amide bonds. The Bertz CT molecular complexity index is 405. The Morgan fingerprint density at radius 1 is 1.47 bits per heavy atom. The van der Waals surface area contributed by atoms with E-state index in [0.29, 0.717) is 11.4 Å². The zero-order chi connectivity index (χ0) is 12.3. The van der Waals surface area contributed by atoms with Crippen LogP contribution in [0.15, 0.2) is 24.3 Å². The van der Waals surface area contributed by atoms with Gasteiger partial charge in [-0.1, -0.05) is 6.07 Å². The first-order valence-corrected chi connectivity index (χ1v) is 5.87. The van der Waals surface area contributed by atoms with Gasteiger partial charge in [-0.3, -0.25) is 4.79 Å². The fraction of sp³-hybridized carbons (Fsp3) is 0.462. The maximum Gasteiger partial charge on any atom is 0.221 e. The Hall–Kier alpha value is -1.55. The smallest absolute Gasteiger partial charge is 0.221 e. The largest absolute Gasteiger partial charge is 0.488 e. The quantitative estimate of drug-likeness (QED) is 0.841. The van der Waals surface area contributed by atoms with Gasteiger partial charge < -0.3 is 15.2 Å². The lowest BCUT2D eigenvalue weighted by atomic mass is 10.2. The summed E-state index contributed by atoms with van der Waals surface area (Å²) in [5, 5.41) is 12.4. The van der Waals surface area contributed by atoms with Gasteiger partial charge >= 0.3 is 0 Å². The first-order valence-electron chi connectivity index (χ1n) is 5.87. The second kappa shape index (κ2) is 5.19. The monoisotopic (exact) mass is 235 g/mol. The molecule has 2 rings (SSSR count). The van der Waals surface area contributed by atoms with Crippen LogP contribution in [0.2, 0.25) is 0 Å². The molecule has 0 saturated heterocycles. The highest BCUT2D eigenvalue weighted by molar-refractivity contribution is 5.88. The lowest BCUT2D eigenvalue weighted by molar-refractivity contribution is -0.114. The molecular formula is C13H17NO3. The first-order chi connectivity index (χ1) is 8.15. The number of hydrogen-bond acceptors (Lipinski definition) is 3. The van der Waals surface area contributed by atoms with E-state index in [0.717, 1.165) is 19.3 Å². The van der Waals surface area contributed by atoms with Crippen molar-refractivity contribution in [2.24, 2.45) is 0 Å². The summed E-state index contributed by atoms with van der Waals surface area (Å²) < 4.78 is 5.71. The molecule has 0 radical (unpaired) electrons. The molecule has 1 aliphatic rings. The minimum atomic E-state index is -0.376. The summed E-state index contributed by atoms with van der Waals surface area (Å²) >= 11 is 0. The molecule has 0 heterocycles. The standard InChI is InChI=1S/C13H17NO3/c1-9(15)14-10-4-2-5-11(8-10)17-13-7-3-6-12(13)16/h2,4-5,8,12-13,16H,3,6-7H2,1H3,(H,14,15). The van der Waals surface area contributed by atoms with Crippen molar-refractivity contribution < 1.29 is 14.6 Å². The van der Waals surface area contributed by atoms with E-state index < -0.39 is 0 Å². The van der Waals surface area contributed by atoms with Crippen molar-refractivity contribution in [2.45, 2.75) is 38.4 Å². The number of carbonyl (C=O) groups is 1. The van der Waals surface area contributed by atoms with Gasteiger partial charge in [-0.05, 0) is 31.4 Å². The van der Waals surface area contributed by atoms with Gasteiger partial charge in [-0.25, -0.2) is 0 Å². The molecule has 2 atom stereocenters. The molecule has 0 aromatic heterocycles. The number of ether oxygens (including phenoxy) is 1. The fourth-order valence-corrected chi connectivity index (χ4v) is 2.07. The first kappa shape index (κ1) is 11.9. The highest BCUT2D eigenvalue weighted by Gasteiger charge is 2.26. The number of anilines is 1. The Balaban J connectivity index is 2.03. The van der Waals surface area contributed by atoms with Crippen molar-refractivity contribution in [1.82, 2.24) is 0 Å². The average Bonchev–Trinajstić information content (AvgIpc) is 2.64. The molecule has 4 nitrogen and oxygen atoms in total. The average molecular weight is 235 g/mol. The number of aliphatic hydroxyl groups excluding tert-OH is 1. The summed E-state index contributed by atoms with van der Waals surface area (Å²) in [5.74, 6) is 0.574. The lowest BCUT2D eigenvalue weighted by Gasteiger charge is -2.17. The highest BCUT2D eigenvalue weighted by atomic mass is 16.5. The minimum absolute atomic E-state index is 0.108. The lowest BCUT2D eigenvalue weighted by Crippen LogP contribution is -2.25. The highest BCUT2D eigenvalue weighted by Crippen LogP contribution is 2.26. The van der Waals surface area contributed by atoms with Crippen LogP contribution >= 0.6 is 0 Å². The van der Waals surface area contributed by atoms with Gasteiger partial charge in [-0.15, -0.1) is 0 Å². The summed E-state index contributed by atoms with van der Waals surface area (Å²) in [6, 6.07) is 7.23. The molecule has 1 aromatic carbocycles. The second-order valence-corrected chi connectivity index (χ2v) is 4.36. The summed E-state index contributed by atoms with van der Waals surface area (Å²) in [6.07, 6.45) is 2.18. The number of carbonyl (C=O) groups excluding carboxylic acids is 1. The molecule has 2 unspecified atom stereocenters. The molecule has 2 N–H and O–H groups in total. The fourth-order valence-electron chi connectivity index (χ4n) is 2.07. The molecule has 17 heavy (non-hydrogen) atoms. The molecular weight excluding hydrogens is 218 g/mol. The van der Waals surface area contributed by atoms with Crippen LogP contribution in [-0.2, 0) is 4.79 Å². The predicted molar refractivity (Wildman–Crippen MR) is 65.0 cm³/mol. The molecule has 0 aliphatic heterocycles. The number of aliphatic hydroxyl groups is 1. The second-order valence-electron chi connectivity index (χ2n) is 4.36. The summed E-state index contributed by atoms with van der Waals surface area (Å²) in [6.45, 7) is 1.47. The van der Waals surface area contributed by atoms with E-state index in [9.17, 15) is 9.90 Å². The van der Waals surface area contributed by atoms with E-state index in [4.69, 9.17) is 4.74 Å². The third kappa shape index (κ3) is 3.20. The third-order valence-electron chi connectivity index (χ3n) is 2.86. The van der Waals surface area contributed by atoms with Crippen molar-refractivity contribution >= 4 is 11.6 Å². The molecule has 0 spiro atoms. The van der Waals surface area contributed by atoms with Crippen LogP contribution in [0.1, 0.15) is 26.2 Å². The van der Waals surface area contributed by atoms with Crippen LogP contribution in [0.3, 0.4) is 0 Å². The number of amides is 1. The van der Waals surface area contributed by atoms with Gasteiger partial charge in [0.2, 0.25) is 5.91 Å². The third-order valence-corrected chi connectivity index (χ3v) is 2.86. The zero-order valence-electron chi connectivity index (χ0n) is 9.85. The Labute approximate surface area is 101 Å². The van der Waals surface area contributed by atoms with Crippen LogP contribution in [0.5, 0.6) is 5.75 Å². The molecule has 1 aliphatic carbocycles. The van der Waals surface area contributed by atoms with Crippen molar-refractivity contribution in [3.63, 3.8) is 0 Å². The van der Waals surface area contributed by atoms with Crippen molar-refractivity contribution in [3.05, 3.63) is 24.3 Å². The topological polar surface area (TPSA) is 58.6 Å². The van der Waals surface area contributed by atoms with Gasteiger partial charge in [0.15, 0.2) is 0 Å². The van der Waals surface area contributed by atoms with Crippen molar-refractivity contribution in [2.75, 3.05) is 5.32 Å². The number of nitrogens with one attached hydrogen (secondary N) is 1. The molecule has 1 aromatic rings. The van der Waals surface area contributed by atoms with Gasteiger partial charge in [0.25, 0.3) is 0 Å². The number of hydrogen-bond donors (Lipinski definition) is 2. The van der Waals surface area contributed by atoms with E-state index in [-0.39, 0.29) is 18.1 Å². The van der Waals surface area contributed by atoms with Crippen LogP contribution in [0, 0.1) is 0 Å². The van der Waals surface area contributed by atoms with Crippen molar-refractivity contribution in [1.29, 1.82) is 0 Å². The van der Waals surface area contributed by atoms with E-state index in [2.05, 4.69) is 5.32 Å². The molecule has 1 saturated carbocycles. The minimum Gasteiger partial charge on any atom is -0.488 e. The zero-order valence-corrected chi connectivity index (χ0v) is 9.85. The van der Waals surface area contributed by atoms with Crippen LogP contribution in [0.4, 0.5) is 5.69 Å².